The van der Waals surface area contributed by atoms with Crippen LogP contribution in [0.25, 0.3) is 0 Å². The first-order valence-corrected chi connectivity index (χ1v) is 12.5. The molecule has 4 fully saturated rings. The minimum atomic E-state index is -3.85. The summed E-state index contributed by atoms with van der Waals surface area (Å²) in [6, 6.07) is 17.3. The molecule has 0 heterocycles. The Bertz CT molecular complexity index is 1040. The number of hydrogen-bond acceptors (Lipinski definition) is 2. The van der Waals surface area contributed by atoms with Gasteiger partial charge in [-0.05, 0) is 67.1 Å². The second kappa shape index (κ2) is 6.71. The zero-order valence-corrected chi connectivity index (χ0v) is 18.4. The zero-order valence-electron chi connectivity index (χ0n) is 16.1. The van der Waals surface area contributed by atoms with Crippen LogP contribution in [0.1, 0.15) is 49.1 Å². The molecule has 4 aliphatic carbocycles. The molecular weight excluding hydrogens is 425 g/mol. The van der Waals surface area contributed by atoms with Gasteiger partial charge in [0, 0.05) is 10.8 Å². The van der Waals surface area contributed by atoms with Gasteiger partial charge in [0.25, 0.3) is 0 Å². The molecule has 0 aliphatic heterocycles. The molecule has 0 aromatic heterocycles. The molecular formula is C23H25Cl2NO2S. The number of alkyl halides is 2. The molecule has 6 heteroatoms. The summed E-state index contributed by atoms with van der Waals surface area (Å²) in [6.07, 6.45) is 4.85. The van der Waals surface area contributed by atoms with E-state index in [2.05, 4.69) is 12.1 Å². The standard InChI is InChI=1S/C23H25Cl2NO2S/c24-22-11-15-10-17(13-22)21(23(25,12-15)14-22)20(16-6-2-1-3-7-16)18-8-4-5-9-19(18)29(26,27)28/h1-9,15,17,20-21H,10-14H2,(H2,26,27,28)/t15-,17+,20-,21-,22+,23+/m1/s1. The third-order valence-corrected chi connectivity index (χ3v) is 9.31. The number of rotatable bonds is 4. The molecule has 4 saturated carbocycles. The Kier molecular flexibility index (Phi) is 4.60. The number of sulfonamides is 1. The van der Waals surface area contributed by atoms with Crippen molar-refractivity contribution >= 4 is 33.2 Å². The van der Waals surface area contributed by atoms with Crippen LogP contribution in [0.4, 0.5) is 0 Å². The van der Waals surface area contributed by atoms with E-state index in [1.807, 2.05) is 30.3 Å². The van der Waals surface area contributed by atoms with Crippen LogP contribution in [0.15, 0.2) is 59.5 Å². The lowest BCUT2D eigenvalue weighted by Gasteiger charge is -2.63. The summed E-state index contributed by atoms with van der Waals surface area (Å²) in [5.74, 6) is 0.940. The maximum atomic E-state index is 12.4. The topological polar surface area (TPSA) is 60.2 Å². The number of hydrogen-bond donors (Lipinski definition) is 1. The molecule has 4 aliphatic rings. The summed E-state index contributed by atoms with van der Waals surface area (Å²) in [5, 5.41) is 5.62. The number of primary sulfonamides is 1. The summed E-state index contributed by atoms with van der Waals surface area (Å²) in [6.45, 7) is 0. The van der Waals surface area contributed by atoms with Gasteiger partial charge in [0.15, 0.2) is 0 Å². The van der Waals surface area contributed by atoms with Crippen molar-refractivity contribution in [3.8, 4) is 0 Å². The van der Waals surface area contributed by atoms with Crippen LogP contribution in [0.2, 0.25) is 0 Å². The highest BCUT2D eigenvalue weighted by Gasteiger charge is 2.63. The van der Waals surface area contributed by atoms with E-state index in [0.29, 0.717) is 11.8 Å². The molecule has 2 aromatic carbocycles. The number of nitrogens with two attached hydrogens (primary N) is 1. The maximum Gasteiger partial charge on any atom is 0.238 e. The Hall–Kier alpha value is -1.07. The second-order valence-electron chi connectivity index (χ2n) is 9.33. The molecule has 0 spiro atoms. The lowest BCUT2D eigenvalue weighted by molar-refractivity contribution is -0.0145. The van der Waals surface area contributed by atoms with Gasteiger partial charge in [0.2, 0.25) is 10.0 Å². The van der Waals surface area contributed by atoms with Crippen LogP contribution < -0.4 is 5.14 Å². The van der Waals surface area contributed by atoms with Crippen LogP contribution in [-0.4, -0.2) is 18.2 Å². The molecule has 2 N–H and O–H groups in total. The second-order valence-corrected chi connectivity index (χ2v) is 12.4. The van der Waals surface area contributed by atoms with Crippen molar-refractivity contribution < 1.29 is 8.42 Å². The van der Waals surface area contributed by atoms with E-state index in [1.165, 1.54) is 0 Å². The van der Waals surface area contributed by atoms with Crippen LogP contribution in [0.5, 0.6) is 0 Å². The fourth-order valence-corrected chi connectivity index (χ4v) is 9.10. The van der Waals surface area contributed by atoms with E-state index in [4.69, 9.17) is 28.3 Å². The van der Waals surface area contributed by atoms with Crippen molar-refractivity contribution in [3.63, 3.8) is 0 Å². The summed E-state index contributed by atoms with van der Waals surface area (Å²) in [4.78, 5) is -0.425. The van der Waals surface area contributed by atoms with Gasteiger partial charge in [-0.15, -0.1) is 23.2 Å². The average molecular weight is 450 g/mol. The number of benzene rings is 2. The Morgan fingerprint density at radius 1 is 0.966 bits per heavy atom. The maximum absolute atomic E-state index is 12.4. The SMILES string of the molecule is NS(=O)(=O)c1ccccc1[C@@H](c1ccccc1)[C@H]1[C@H]2C[C@@H]3C[C@](Cl)(C2)C[C@@]1(Cl)C3. The monoisotopic (exact) mass is 449 g/mol. The van der Waals surface area contributed by atoms with Gasteiger partial charge in [-0.3, -0.25) is 0 Å². The quantitative estimate of drug-likeness (QED) is 0.646. The Morgan fingerprint density at radius 3 is 2.31 bits per heavy atom. The Labute approximate surface area is 182 Å². The molecule has 3 nitrogen and oxygen atoms in total. The first-order chi connectivity index (χ1) is 13.7. The normalized spacial score (nSPS) is 36.9. The third-order valence-electron chi connectivity index (χ3n) is 7.34. The van der Waals surface area contributed by atoms with Gasteiger partial charge in [0.05, 0.1) is 9.77 Å². The smallest absolute Gasteiger partial charge is 0.225 e. The van der Waals surface area contributed by atoms with Gasteiger partial charge in [-0.1, -0.05) is 48.5 Å². The lowest BCUT2D eigenvalue weighted by atomic mass is 9.48. The van der Waals surface area contributed by atoms with E-state index < -0.39 is 14.9 Å². The predicted octanol–water partition coefficient (Wildman–Crippen LogP) is 5.26. The highest BCUT2D eigenvalue weighted by atomic mass is 35.5. The molecule has 4 bridgehead atoms. The van der Waals surface area contributed by atoms with Crippen molar-refractivity contribution in [2.24, 2.45) is 22.9 Å². The highest BCUT2D eigenvalue weighted by molar-refractivity contribution is 7.89. The summed E-state index contributed by atoms with van der Waals surface area (Å²) >= 11 is 14.4. The molecule has 6 atom stereocenters. The average Bonchev–Trinajstić information content (AvgIpc) is 2.63. The molecule has 29 heavy (non-hydrogen) atoms. The largest absolute Gasteiger partial charge is 0.238 e. The summed E-state index contributed by atoms with van der Waals surface area (Å²) in [7, 11) is -3.85. The zero-order chi connectivity index (χ0) is 20.4. The van der Waals surface area contributed by atoms with Crippen LogP contribution in [0, 0.1) is 17.8 Å². The molecule has 154 valence electrons. The molecule has 6 rings (SSSR count). The van der Waals surface area contributed by atoms with Crippen LogP contribution in [-0.2, 0) is 10.0 Å². The van der Waals surface area contributed by atoms with Crippen molar-refractivity contribution in [1.29, 1.82) is 0 Å². The van der Waals surface area contributed by atoms with E-state index in [9.17, 15) is 8.42 Å². The summed E-state index contributed by atoms with van der Waals surface area (Å²) in [5.41, 5.74) is 1.84. The van der Waals surface area contributed by atoms with Crippen molar-refractivity contribution in [1.82, 2.24) is 0 Å². The summed E-state index contributed by atoms with van der Waals surface area (Å²) < 4.78 is 24.9. The molecule has 0 saturated heterocycles. The highest BCUT2D eigenvalue weighted by Crippen LogP contribution is 2.68. The van der Waals surface area contributed by atoms with Crippen molar-refractivity contribution in [2.75, 3.05) is 0 Å². The molecule has 0 amide bonds. The molecule has 2 aromatic rings. The van der Waals surface area contributed by atoms with Gasteiger partial charge >= 0.3 is 0 Å². The third kappa shape index (κ3) is 3.33. The predicted molar refractivity (Wildman–Crippen MR) is 117 cm³/mol. The van der Waals surface area contributed by atoms with Gasteiger partial charge < -0.3 is 0 Å². The molecule has 0 radical (unpaired) electrons. The van der Waals surface area contributed by atoms with Gasteiger partial charge in [-0.25, -0.2) is 13.6 Å². The minimum absolute atomic E-state index is 0.123. The van der Waals surface area contributed by atoms with E-state index in [1.54, 1.807) is 12.1 Å². The minimum Gasteiger partial charge on any atom is -0.225 e. The Balaban J connectivity index is 1.70. The van der Waals surface area contributed by atoms with E-state index in [0.717, 1.165) is 43.2 Å². The Morgan fingerprint density at radius 2 is 1.66 bits per heavy atom. The lowest BCUT2D eigenvalue weighted by Crippen LogP contribution is -2.61. The van der Waals surface area contributed by atoms with E-state index >= 15 is 0 Å². The van der Waals surface area contributed by atoms with E-state index in [-0.39, 0.29) is 21.6 Å². The molecule has 0 unspecified atom stereocenters. The fourth-order valence-electron chi connectivity index (χ4n) is 6.80. The van der Waals surface area contributed by atoms with Crippen molar-refractivity contribution in [3.05, 3.63) is 65.7 Å². The van der Waals surface area contributed by atoms with Crippen LogP contribution in [0.3, 0.4) is 0 Å². The van der Waals surface area contributed by atoms with Gasteiger partial charge in [-0.2, -0.15) is 0 Å². The first-order valence-electron chi connectivity index (χ1n) is 10.2. The van der Waals surface area contributed by atoms with Crippen molar-refractivity contribution in [2.45, 2.75) is 52.7 Å². The van der Waals surface area contributed by atoms with Gasteiger partial charge in [0.1, 0.15) is 0 Å². The first kappa shape index (κ1) is 19.9. The fraction of sp³-hybridized carbons (Fsp3) is 0.478. The van der Waals surface area contributed by atoms with Crippen LogP contribution >= 0.6 is 23.2 Å². The number of halogens is 2.